The fourth-order valence-corrected chi connectivity index (χ4v) is 0.763. The third-order valence-electron chi connectivity index (χ3n) is 0.745. The lowest BCUT2D eigenvalue weighted by atomic mass is 10.3. The topological polar surface area (TPSA) is 17.1 Å². The second-order valence-electron chi connectivity index (χ2n) is 1.22. The molecule has 0 aliphatic carbocycles. The minimum atomic E-state index is -0.470. The Hall–Kier alpha value is -0.0100. The Morgan fingerprint density at radius 2 is 2.25 bits per heavy atom. The summed E-state index contributed by atoms with van der Waals surface area (Å²) in [5, 5.41) is -0.470. The molecule has 0 saturated carbocycles. The van der Waals surface area contributed by atoms with Crippen molar-refractivity contribution in [3.05, 3.63) is 11.6 Å². The molecule has 0 aliphatic rings. The molecular formula is C5H6Cl2O. The highest BCUT2D eigenvalue weighted by Crippen LogP contribution is 2.01. The Labute approximate surface area is 58.3 Å². The molecule has 3 heteroatoms. The van der Waals surface area contributed by atoms with E-state index >= 15 is 0 Å². The molecule has 0 aromatic heterocycles. The van der Waals surface area contributed by atoms with Crippen molar-refractivity contribution >= 4 is 28.4 Å². The maximum absolute atomic E-state index is 10.2. The molecule has 0 fully saturated rings. The summed E-state index contributed by atoms with van der Waals surface area (Å²) in [6.45, 7) is 1.72. The number of alkyl halides is 1. The molecule has 8 heavy (non-hydrogen) atoms. The van der Waals surface area contributed by atoms with Crippen LogP contribution in [0.3, 0.4) is 0 Å². The number of rotatable bonds is 2. The van der Waals surface area contributed by atoms with Gasteiger partial charge >= 0.3 is 0 Å². The van der Waals surface area contributed by atoms with E-state index in [-0.39, 0.29) is 5.88 Å². The van der Waals surface area contributed by atoms with Crippen molar-refractivity contribution in [3.8, 4) is 0 Å². The fourth-order valence-electron chi connectivity index (χ4n) is 0.243. The van der Waals surface area contributed by atoms with E-state index in [1.54, 1.807) is 13.0 Å². The first kappa shape index (κ1) is 7.99. The first-order valence-corrected chi connectivity index (χ1v) is 3.04. The van der Waals surface area contributed by atoms with Crippen LogP contribution in [0.2, 0.25) is 0 Å². The van der Waals surface area contributed by atoms with Crippen molar-refractivity contribution in [2.45, 2.75) is 6.92 Å². The van der Waals surface area contributed by atoms with Gasteiger partial charge in [0.2, 0.25) is 5.24 Å². The van der Waals surface area contributed by atoms with Gasteiger partial charge < -0.3 is 0 Å². The summed E-state index contributed by atoms with van der Waals surface area (Å²) < 4.78 is 0. The molecule has 0 heterocycles. The molecule has 0 unspecified atom stereocenters. The van der Waals surface area contributed by atoms with Gasteiger partial charge in [-0.15, -0.1) is 11.6 Å². The lowest BCUT2D eigenvalue weighted by Gasteiger charge is -1.88. The zero-order valence-electron chi connectivity index (χ0n) is 4.45. The standard InChI is InChI=1S/C5H6Cl2O/c1-2-4(3-6)5(7)8/h2H,3H2,1H3. The SMILES string of the molecule is CC=C(CCl)C(=O)Cl. The van der Waals surface area contributed by atoms with Crippen LogP contribution in [0.25, 0.3) is 0 Å². The highest BCUT2D eigenvalue weighted by molar-refractivity contribution is 6.68. The van der Waals surface area contributed by atoms with Gasteiger partial charge in [0.25, 0.3) is 0 Å². The number of carbonyl (C=O) groups is 1. The van der Waals surface area contributed by atoms with Crippen molar-refractivity contribution in [1.82, 2.24) is 0 Å². The molecule has 0 aromatic carbocycles. The second kappa shape index (κ2) is 3.93. The second-order valence-corrected chi connectivity index (χ2v) is 1.83. The van der Waals surface area contributed by atoms with Crippen LogP contribution in [0.1, 0.15) is 6.92 Å². The molecule has 0 aliphatic heterocycles. The first-order valence-electron chi connectivity index (χ1n) is 2.13. The minimum Gasteiger partial charge on any atom is -0.276 e. The largest absolute Gasteiger partial charge is 0.276 e. The first-order chi connectivity index (χ1) is 3.72. The monoisotopic (exact) mass is 152 g/mol. The van der Waals surface area contributed by atoms with Crippen molar-refractivity contribution in [2.24, 2.45) is 0 Å². The van der Waals surface area contributed by atoms with Gasteiger partial charge in [-0.25, -0.2) is 0 Å². The van der Waals surface area contributed by atoms with E-state index in [2.05, 4.69) is 0 Å². The van der Waals surface area contributed by atoms with Crippen LogP contribution in [0.15, 0.2) is 11.6 Å². The van der Waals surface area contributed by atoms with Gasteiger partial charge in [-0.05, 0) is 18.5 Å². The van der Waals surface area contributed by atoms with Crippen molar-refractivity contribution in [2.75, 3.05) is 5.88 Å². The van der Waals surface area contributed by atoms with Gasteiger partial charge in [-0.3, -0.25) is 4.79 Å². The highest BCUT2D eigenvalue weighted by Gasteiger charge is 1.99. The molecule has 0 spiro atoms. The third kappa shape index (κ3) is 2.34. The van der Waals surface area contributed by atoms with Crippen LogP contribution in [0.5, 0.6) is 0 Å². The predicted molar refractivity (Wildman–Crippen MR) is 35.3 cm³/mol. The minimum absolute atomic E-state index is 0.193. The van der Waals surface area contributed by atoms with Crippen LogP contribution in [-0.2, 0) is 4.79 Å². The van der Waals surface area contributed by atoms with E-state index in [1.807, 2.05) is 0 Å². The average Bonchev–Trinajstić information content (AvgIpc) is 1.69. The van der Waals surface area contributed by atoms with E-state index in [4.69, 9.17) is 23.2 Å². The Kier molecular flexibility index (Phi) is 3.92. The quantitative estimate of drug-likeness (QED) is 0.336. The Balaban J connectivity index is 3.92. The van der Waals surface area contributed by atoms with E-state index < -0.39 is 5.24 Å². The molecule has 0 amide bonds. The summed E-state index contributed by atoms with van der Waals surface area (Å²) in [6.07, 6.45) is 1.60. The molecule has 0 saturated heterocycles. The molecule has 0 N–H and O–H groups in total. The Bertz CT molecular complexity index is 118. The average molecular weight is 153 g/mol. The molecule has 0 atom stereocenters. The van der Waals surface area contributed by atoms with E-state index in [9.17, 15) is 4.79 Å². The van der Waals surface area contributed by atoms with Gasteiger partial charge in [0.05, 0.1) is 5.88 Å². The number of carbonyl (C=O) groups excluding carboxylic acids is 1. The molecule has 0 aromatic rings. The van der Waals surface area contributed by atoms with Crippen LogP contribution >= 0.6 is 23.2 Å². The summed E-state index contributed by atoms with van der Waals surface area (Å²) >= 11 is 10.3. The van der Waals surface area contributed by atoms with Crippen molar-refractivity contribution in [3.63, 3.8) is 0 Å². The summed E-state index contributed by atoms with van der Waals surface area (Å²) in [5.41, 5.74) is 0.452. The molecule has 46 valence electrons. The number of allylic oxidation sites excluding steroid dienone is 2. The summed E-state index contributed by atoms with van der Waals surface area (Å²) in [5.74, 6) is 0.193. The summed E-state index contributed by atoms with van der Waals surface area (Å²) in [6, 6.07) is 0. The fraction of sp³-hybridized carbons (Fsp3) is 0.400. The normalized spacial score (nSPS) is 11.6. The number of halogens is 2. The van der Waals surface area contributed by atoms with Gasteiger partial charge in [-0.1, -0.05) is 6.08 Å². The predicted octanol–water partition coefficient (Wildman–Crippen LogP) is 1.94. The summed E-state index contributed by atoms with van der Waals surface area (Å²) in [4.78, 5) is 10.2. The highest BCUT2D eigenvalue weighted by atomic mass is 35.5. The summed E-state index contributed by atoms with van der Waals surface area (Å²) in [7, 11) is 0. The molecule has 1 nitrogen and oxygen atoms in total. The molecule has 0 radical (unpaired) electrons. The van der Waals surface area contributed by atoms with E-state index in [0.29, 0.717) is 5.57 Å². The van der Waals surface area contributed by atoms with Crippen LogP contribution in [0, 0.1) is 0 Å². The van der Waals surface area contributed by atoms with Gasteiger partial charge in [-0.2, -0.15) is 0 Å². The van der Waals surface area contributed by atoms with Crippen molar-refractivity contribution in [1.29, 1.82) is 0 Å². The van der Waals surface area contributed by atoms with Gasteiger partial charge in [0.1, 0.15) is 0 Å². The van der Waals surface area contributed by atoms with Crippen LogP contribution in [0.4, 0.5) is 0 Å². The number of hydrogen-bond acceptors (Lipinski definition) is 1. The van der Waals surface area contributed by atoms with E-state index in [1.165, 1.54) is 0 Å². The lowest BCUT2D eigenvalue weighted by Crippen LogP contribution is -1.92. The molecule has 0 rings (SSSR count). The van der Waals surface area contributed by atoms with Crippen molar-refractivity contribution < 1.29 is 4.79 Å². The number of hydrogen-bond donors (Lipinski definition) is 0. The third-order valence-corrected chi connectivity index (χ3v) is 1.28. The zero-order chi connectivity index (χ0) is 6.57. The zero-order valence-corrected chi connectivity index (χ0v) is 5.96. The Morgan fingerprint density at radius 3 is 2.25 bits per heavy atom. The molecular weight excluding hydrogens is 147 g/mol. The maximum Gasteiger partial charge on any atom is 0.249 e. The smallest absolute Gasteiger partial charge is 0.249 e. The Morgan fingerprint density at radius 1 is 1.75 bits per heavy atom. The van der Waals surface area contributed by atoms with Crippen LogP contribution in [-0.4, -0.2) is 11.1 Å². The van der Waals surface area contributed by atoms with Crippen LogP contribution < -0.4 is 0 Å². The maximum atomic E-state index is 10.2. The lowest BCUT2D eigenvalue weighted by molar-refractivity contribution is -0.108. The van der Waals surface area contributed by atoms with Gasteiger partial charge in [0, 0.05) is 5.57 Å². The van der Waals surface area contributed by atoms with Gasteiger partial charge in [0.15, 0.2) is 0 Å². The molecule has 0 bridgehead atoms. The van der Waals surface area contributed by atoms with E-state index in [0.717, 1.165) is 0 Å².